The summed E-state index contributed by atoms with van der Waals surface area (Å²) in [6, 6.07) is 12.7. The number of benzene rings is 2. The molecule has 3 aromatic rings. The van der Waals surface area contributed by atoms with E-state index in [0.29, 0.717) is 22.0 Å². The van der Waals surface area contributed by atoms with E-state index < -0.39 is 5.91 Å². The van der Waals surface area contributed by atoms with Crippen molar-refractivity contribution in [3.63, 3.8) is 0 Å². The van der Waals surface area contributed by atoms with Crippen molar-refractivity contribution in [1.29, 1.82) is 0 Å². The van der Waals surface area contributed by atoms with E-state index in [1.165, 1.54) is 37.1 Å². The molecule has 1 aromatic heterocycles. The van der Waals surface area contributed by atoms with Gasteiger partial charge in [0, 0.05) is 17.3 Å². The molecule has 0 saturated heterocycles. The van der Waals surface area contributed by atoms with Crippen LogP contribution >= 0.6 is 11.3 Å². The molecule has 33 heavy (non-hydrogen) atoms. The first-order chi connectivity index (χ1) is 16.1. The zero-order valence-electron chi connectivity index (χ0n) is 18.1. The Balaban J connectivity index is 1.32. The molecule has 2 N–H and O–H groups in total. The maximum Gasteiger partial charge on any atom is 0.286 e. The topological polar surface area (TPSA) is 93.2 Å². The molecule has 0 unspecified atom stereocenters. The summed E-state index contributed by atoms with van der Waals surface area (Å²) in [6.45, 7) is 0.118. The molecule has 7 nitrogen and oxygen atoms in total. The number of halogens is 1. The molecule has 1 saturated carbocycles. The molecule has 2 aromatic carbocycles. The van der Waals surface area contributed by atoms with Crippen LogP contribution < -0.4 is 15.4 Å². The Morgan fingerprint density at radius 3 is 2.52 bits per heavy atom. The summed E-state index contributed by atoms with van der Waals surface area (Å²) in [6.07, 6.45) is 6.73. The number of ether oxygens (including phenoxy) is 1. The highest BCUT2D eigenvalue weighted by atomic mass is 32.1. The highest BCUT2D eigenvalue weighted by Crippen LogP contribution is 2.20. The number of anilines is 1. The van der Waals surface area contributed by atoms with E-state index >= 15 is 0 Å². The number of hydrogen-bond donors (Lipinski definition) is 2. The summed E-state index contributed by atoms with van der Waals surface area (Å²) in [4.78, 5) is 25.3. The number of carbonyl (C=O) groups is 2. The SMILES string of the molecule is O=C(NC1CCCCCC1)c1cccc(NC(=O)c2nnc(COc3ccc(F)cc3)s2)c1. The summed E-state index contributed by atoms with van der Waals surface area (Å²) in [5.74, 6) is -0.393. The van der Waals surface area contributed by atoms with E-state index in [4.69, 9.17) is 4.74 Å². The summed E-state index contributed by atoms with van der Waals surface area (Å²) < 4.78 is 18.5. The zero-order chi connectivity index (χ0) is 23.0. The van der Waals surface area contributed by atoms with Crippen molar-refractivity contribution in [2.45, 2.75) is 51.2 Å². The molecule has 1 fully saturated rings. The summed E-state index contributed by atoms with van der Waals surface area (Å²) in [5, 5.41) is 14.5. The Labute approximate surface area is 195 Å². The van der Waals surface area contributed by atoms with Gasteiger partial charge >= 0.3 is 0 Å². The standard InChI is InChI=1S/C24H25FN4O3S/c25-17-10-12-20(13-11-17)32-15-21-28-29-24(33-21)23(31)27-19-9-5-6-16(14-19)22(30)26-18-7-3-1-2-4-8-18/h5-6,9-14,18H,1-4,7-8,15H2,(H,26,30)(H,27,31). The van der Waals surface area contributed by atoms with Crippen LogP contribution in [0.5, 0.6) is 5.75 Å². The van der Waals surface area contributed by atoms with Gasteiger partial charge in [0.25, 0.3) is 11.8 Å². The van der Waals surface area contributed by atoms with Gasteiger partial charge in [-0.25, -0.2) is 4.39 Å². The molecular formula is C24H25FN4O3S. The van der Waals surface area contributed by atoms with Crippen LogP contribution in [0.25, 0.3) is 0 Å². The maximum absolute atomic E-state index is 13.0. The third-order valence-corrected chi connectivity index (χ3v) is 6.31. The summed E-state index contributed by atoms with van der Waals surface area (Å²) in [7, 11) is 0. The molecule has 1 heterocycles. The predicted octanol–water partition coefficient (Wildman–Crippen LogP) is 4.96. The first-order valence-electron chi connectivity index (χ1n) is 11.0. The molecule has 172 valence electrons. The van der Waals surface area contributed by atoms with Crippen molar-refractivity contribution in [3.8, 4) is 5.75 Å². The molecular weight excluding hydrogens is 443 g/mol. The lowest BCUT2D eigenvalue weighted by molar-refractivity contribution is 0.0932. The molecule has 1 aliphatic rings. The second kappa shape index (κ2) is 11.0. The molecule has 0 radical (unpaired) electrons. The first-order valence-corrected chi connectivity index (χ1v) is 11.8. The predicted molar refractivity (Wildman–Crippen MR) is 124 cm³/mol. The molecule has 0 bridgehead atoms. The smallest absolute Gasteiger partial charge is 0.286 e. The third-order valence-electron chi connectivity index (χ3n) is 5.41. The van der Waals surface area contributed by atoms with Gasteiger partial charge in [-0.2, -0.15) is 0 Å². The lowest BCUT2D eigenvalue weighted by Crippen LogP contribution is -2.34. The largest absolute Gasteiger partial charge is 0.486 e. The number of rotatable bonds is 7. The molecule has 0 atom stereocenters. The number of nitrogens with one attached hydrogen (secondary N) is 2. The minimum Gasteiger partial charge on any atom is -0.486 e. The fourth-order valence-corrected chi connectivity index (χ4v) is 4.34. The first kappa shape index (κ1) is 22.8. The van der Waals surface area contributed by atoms with Gasteiger partial charge in [0.2, 0.25) is 5.01 Å². The van der Waals surface area contributed by atoms with Crippen LogP contribution in [-0.4, -0.2) is 28.1 Å². The Kier molecular flexibility index (Phi) is 7.62. The fraction of sp³-hybridized carbons (Fsp3) is 0.333. The minimum atomic E-state index is -0.415. The minimum absolute atomic E-state index is 0.118. The fourth-order valence-electron chi connectivity index (χ4n) is 3.69. The van der Waals surface area contributed by atoms with Crippen molar-refractivity contribution < 1.29 is 18.7 Å². The lowest BCUT2D eigenvalue weighted by atomic mass is 10.1. The number of hydrogen-bond acceptors (Lipinski definition) is 6. The van der Waals surface area contributed by atoms with Gasteiger partial charge in [0.15, 0.2) is 5.01 Å². The van der Waals surface area contributed by atoms with Crippen molar-refractivity contribution in [1.82, 2.24) is 15.5 Å². The van der Waals surface area contributed by atoms with E-state index in [1.54, 1.807) is 24.3 Å². The summed E-state index contributed by atoms with van der Waals surface area (Å²) >= 11 is 1.11. The van der Waals surface area contributed by atoms with Crippen molar-refractivity contribution in [3.05, 3.63) is 69.9 Å². The average molecular weight is 469 g/mol. The Hall–Kier alpha value is -3.33. The highest BCUT2D eigenvalue weighted by Gasteiger charge is 2.17. The maximum atomic E-state index is 13.0. The molecule has 2 amide bonds. The van der Waals surface area contributed by atoms with Gasteiger partial charge in [-0.05, 0) is 55.3 Å². The van der Waals surface area contributed by atoms with E-state index in [9.17, 15) is 14.0 Å². The molecule has 0 aliphatic heterocycles. The zero-order valence-corrected chi connectivity index (χ0v) is 18.9. The van der Waals surface area contributed by atoms with Crippen LogP contribution in [0.2, 0.25) is 0 Å². The average Bonchev–Trinajstić information content (AvgIpc) is 3.16. The van der Waals surface area contributed by atoms with Gasteiger partial charge in [-0.3, -0.25) is 9.59 Å². The van der Waals surface area contributed by atoms with Gasteiger partial charge in [-0.1, -0.05) is 43.1 Å². The number of aromatic nitrogens is 2. The van der Waals surface area contributed by atoms with Crippen LogP contribution in [0, 0.1) is 5.82 Å². The van der Waals surface area contributed by atoms with E-state index in [-0.39, 0.29) is 29.4 Å². The van der Waals surface area contributed by atoms with E-state index in [1.807, 2.05) is 0 Å². The summed E-state index contributed by atoms with van der Waals surface area (Å²) in [5.41, 5.74) is 1.01. The van der Waals surface area contributed by atoms with Crippen LogP contribution in [0.3, 0.4) is 0 Å². The third kappa shape index (κ3) is 6.58. The number of amides is 2. The van der Waals surface area contributed by atoms with Gasteiger partial charge in [0.05, 0.1) is 0 Å². The van der Waals surface area contributed by atoms with Crippen LogP contribution in [0.15, 0.2) is 48.5 Å². The van der Waals surface area contributed by atoms with Crippen LogP contribution in [0.1, 0.15) is 63.7 Å². The van der Waals surface area contributed by atoms with E-state index in [0.717, 1.165) is 37.0 Å². The van der Waals surface area contributed by atoms with E-state index in [2.05, 4.69) is 20.8 Å². The Morgan fingerprint density at radius 2 is 1.76 bits per heavy atom. The van der Waals surface area contributed by atoms with Gasteiger partial charge < -0.3 is 15.4 Å². The second-order valence-electron chi connectivity index (χ2n) is 7.94. The van der Waals surface area contributed by atoms with Crippen molar-refractivity contribution >= 4 is 28.8 Å². The number of nitrogens with zero attached hydrogens (tertiary/aromatic N) is 2. The van der Waals surface area contributed by atoms with Crippen molar-refractivity contribution in [2.75, 3.05) is 5.32 Å². The van der Waals surface area contributed by atoms with Crippen LogP contribution in [0.4, 0.5) is 10.1 Å². The van der Waals surface area contributed by atoms with Crippen molar-refractivity contribution in [2.24, 2.45) is 0 Å². The molecule has 4 rings (SSSR count). The Bertz CT molecular complexity index is 1100. The second-order valence-corrected chi connectivity index (χ2v) is 9.00. The molecule has 0 spiro atoms. The van der Waals surface area contributed by atoms with Crippen LogP contribution in [-0.2, 0) is 6.61 Å². The quantitative estimate of drug-likeness (QED) is 0.478. The van der Waals surface area contributed by atoms with Gasteiger partial charge in [0.1, 0.15) is 18.2 Å². The number of carbonyl (C=O) groups excluding carboxylic acids is 2. The lowest BCUT2D eigenvalue weighted by Gasteiger charge is -2.16. The molecule has 1 aliphatic carbocycles. The monoisotopic (exact) mass is 468 g/mol. The van der Waals surface area contributed by atoms with Gasteiger partial charge in [-0.15, -0.1) is 10.2 Å². The highest BCUT2D eigenvalue weighted by molar-refractivity contribution is 7.13. The Morgan fingerprint density at radius 1 is 1.00 bits per heavy atom. The normalized spacial score (nSPS) is 14.3. The molecule has 9 heteroatoms.